The SMILES string of the molecule is CC(C)(C)c1nc2ccc(C(F)(F)F)cn2c1CC(=O)O. The number of carboxylic acids is 1. The van der Waals surface area contributed by atoms with E-state index in [4.69, 9.17) is 5.11 Å². The lowest BCUT2D eigenvalue weighted by atomic mass is 9.90. The smallest absolute Gasteiger partial charge is 0.417 e. The van der Waals surface area contributed by atoms with E-state index in [1.54, 1.807) is 0 Å². The maximum Gasteiger partial charge on any atom is 0.417 e. The van der Waals surface area contributed by atoms with Gasteiger partial charge in [-0.2, -0.15) is 13.2 Å². The number of alkyl halides is 3. The Bertz CT molecular complexity index is 697. The van der Waals surface area contributed by atoms with Gasteiger partial charge in [0.2, 0.25) is 0 Å². The summed E-state index contributed by atoms with van der Waals surface area (Å²) in [5, 5.41) is 9.00. The van der Waals surface area contributed by atoms with E-state index in [0.29, 0.717) is 11.3 Å². The standard InChI is InChI=1S/C14H15F3N2O2/c1-13(2,3)12-9(6-11(20)21)19-7-8(14(15,16)17)4-5-10(19)18-12/h4-5,7H,6H2,1-3H3,(H,20,21). The first-order chi connectivity index (χ1) is 9.50. The fourth-order valence-electron chi connectivity index (χ4n) is 2.17. The molecule has 0 aliphatic rings. The van der Waals surface area contributed by atoms with Crippen LogP contribution < -0.4 is 0 Å². The lowest BCUT2D eigenvalue weighted by Crippen LogP contribution is -2.17. The van der Waals surface area contributed by atoms with E-state index in [0.717, 1.165) is 12.3 Å². The van der Waals surface area contributed by atoms with Crippen molar-refractivity contribution in [3.05, 3.63) is 35.3 Å². The van der Waals surface area contributed by atoms with Gasteiger partial charge in [-0.15, -0.1) is 0 Å². The number of carboxylic acid groups (broad SMARTS) is 1. The molecule has 0 atom stereocenters. The highest BCUT2D eigenvalue weighted by Gasteiger charge is 2.32. The minimum atomic E-state index is -4.49. The predicted octanol–water partition coefficient (Wildman–Crippen LogP) is 3.28. The molecule has 0 radical (unpaired) electrons. The number of aromatic nitrogens is 2. The zero-order chi connectivity index (χ0) is 16.0. The van der Waals surface area contributed by atoms with Crippen molar-refractivity contribution in [3.63, 3.8) is 0 Å². The summed E-state index contributed by atoms with van der Waals surface area (Å²) in [7, 11) is 0. The number of rotatable bonds is 2. The molecule has 0 unspecified atom stereocenters. The van der Waals surface area contributed by atoms with E-state index in [1.165, 1.54) is 10.5 Å². The van der Waals surface area contributed by atoms with Gasteiger partial charge in [0.15, 0.2) is 0 Å². The average molecular weight is 300 g/mol. The van der Waals surface area contributed by atoms with Crippen LogP contribution >= 0.6 is 0 Å². The van der Waals surface area contributed by atoms with Crippen molar-refractivity contribution in [2.75, 3.05) is 0 Å². The van der Waals surface area contributed by atoms with Gasteiger partial charge in [-0.1, -0.05) is 20.8 Å². The minimum absolute atomic E-state index is 0.274. The molecule has 2 rings (SSSR count). The second-order valence-corrected chi connectivity index (χ2v) is 5.87. The predicted molar refractivity (Wildman–Crippen MR) is 70.2 cm³/mol. The van der Waals surface area contributed by atoms with Crippen LogP contribution in [0, 0.1) is 0 Å². The lowest BCUT2D eigenvalue weighted by molar-refractivity contribution is -0.138. The molecule has 21 heavy (non-hydrogen) atoms. The quantitative estimate of drug-likeness (QED) is 0.926. The molecule has 0 aliphatic heterocycles. The molecule has 0 aromatic carbocycles. The Kier molecular flexibility index (Phi) is 3.47. The number of fused-ring (bicyclic) bond motifs is 1. The monoisotopic (exact) mass is 300 g/mol. The number of aliphatic carboxylic acids is 1. The highest BCUT2D eigenvalue weighted by Crippen LogP contribution is 2.32. The van der Waals surface area contributed by atoms with E-state index in [9.17, 15) is 18.0 Å². The largest absolute Gasteiger partial charge is 0.481 e. The van der Waals surface area contributed by atoms with Crippen molar-refractivity contribution in [3.8, 4) is 0 Å². The van der Waals surface area contributed by atoms with Crippen LogP contribution in [0.3, 0.4) is 0 Å². The summed E-state index contributed by atoms with van der Waals surface area (Å²) >= 11 is 0. The molecule has 114 valence electrons. The van der Waals surface area contributed by atoms with E-state index in [-0.39, 0.29) is 12.1 Å². The number of imidazole rings is 1. The molecule has 2 aromatic rings. The normalized spacial score (nSPS) is 12.9. The summed E-state index contributed by atoms with van der Waals surface area (Å²) in [5.74, 6) is -1.11. The molecule has 4 nitrogen and oxygen atoms in total. The van der Waals surface area contributed by atoms with Crippen molar-refractivity contribution >= 4 is 11.6 Å². The zero-order valence-electron chi connectivity index (χ0n) is 11.8. The van der Waals surface area contributed by atoms with E-state index in [1.807, 2.05) is 20.8 Å². The molecular formula is C14H15F3N2O2. The third-order valence-corrected chi connectivity index (χ3v) is 3.07. The summed E-state index contributed by atoms with van der Waals surface area (Å²) in [5.41, 5.74) is -0.223. The first-order valence-corrected chi connectivity index (χ1v) is 6.30. The van der Waals surface area contributed by atoms with Gasteiger partial charge in [0.05, 0.1) is 23.4 Å². The molecule has 0 spiro atoms. The molecule has 0 saturated carbocycles. The van der Waals surface area contributed by atoms with Gasteiger partial charge < -0.3 is 9.51 Å². The van der Waals surface area contributed by atoms with Crippen LogP contribution in [0.5, 0.6) is 0 Å². The molecule has 0 saturated heterocycles. The lowest BCUT2D eigenvalue weighted by Gasteiger charge is -2.17. The van der Waals surface area contributed by atoms with Crippen molar-refractivity contribution in [1.29, 1.82) is 0 Å². The fourth-order valence-corrected chi connectivity index (χ4v) is 2.17. The van der Waals surface area contributed by atoms with Gasteiger partial charge >= 0.3 is 12.1 Å². The van der Waals surface area contributed by atoms with E-state index in [2.05, 4.69) is 4.98 Å². The molecule has 0 fully saturated rings. The van der Waals surface area contributed by atoms with Gasteiger partial charge in [0.25, 0.3) is 0 Å². The zero-order valence-corrected chi connectivity index (χ0v) is 11.8. The molecule has 0 aliphatic carbocycles. The second-order valence-electron chi connectivity index (χ2n) is 5.87. The van der Waals surface area contributed by atoms with Crippen LogP contribution in [-0.2, 0) is 22.8 Å². The Labute approximate surface area is 119 Å². The maximum absolute atomic E-state index is 12.8. The summed E-state index contributed by atoms with van der Waals surface area (Å²) in [6.45, 7) is 5.51. The second kappa shape index (κ2) is 4.75. The number of carbonyl (C=O) groups is 1. The highest BCUT2D eigenvalue weighted by atomic mass is 19.4. The Hall–Kier alpha value is -2.05. The molecule has 2 heterocycles. The average Bonchev–Trinajstić information content (AvgIpc) is 2.65. The Morgan fingerprint density at radius 3 is 2.38 bits per heavy atom. The number of halogens is 3. The highest BCUT2D eigenvalue weighted by molar-refractivity contribution is 5.71. The first kappa shape index (κ1) is 15.3. The molecule has 0 bridgehead atoms. The van der Waals surface area contributed by atoms with Gasteiger partial charge in [-0.3, -0.25) is 4.79 Å². The van der Waals surface area contributed by atoms with Crippen LogP contribution in [0.4, 0.5) is 13.2 Å². The van der Waals surface area contributed by atoms with Gasteiger partial charge in [-0.25, -0.2) is 4.98 Å². The van der Waals surface area contributed by atoms with E-state index >= 15 is 0 Å². The summed E-state index contributed by atoms with van der Waals surface area (Å²) in [4.78, 5) is 15.3. The van der Waals surface area contributed by atoms with Crippen LogP contribution in [0.25, 0.3) is 5.65 Å². The molecule has 2 aromatic heterocycles. The number of hydrogen-bond donors (Lipinski definition) is 1. The van der Waals surface area contributed by atoms with Crippen LogP contribution in [0.15, 0.2) is 18.3 Å². The fraction of sp³-hybridized carbons (Fsp3) is 0.429. The Balaban J connectivity index is 2.74. The van der Waals surface area contributed by atoms with Crippen molar-refractivity contribution in [1.82, 2.24) is 9.38 Å². The maximum atomic E-state index is 12.8. The minimum Gasteiger partial charge on any atom is -0.481 e. The van der Waals surface area contributed by atoms with Gasteiger partial charge in [0, 0.05) is 11.6 Å². The Morgan fingerprint density at radius 2 is 1.90 bits per heavy atom. The summed E-state index contributed by atoms with van der Waals surface area (Å²) in [6.07, 6.45) is -3.97. The molecule has 7 heteroatoms. The van der Waals surface area contributed by atoms with Crippen molar-refractivity contribution in [2.24, 2.45) is 0 Å². The first-order valence-electron chi connectivity index (χ1n) is 6.30. The van der Waals surface area contributed by atoms with Crippen LogP contribution in [0.2, 0.25) is 0 Å². The van der Waals surface area contributed by atoms with Crippen molar-refractivity contribution in [2.45, 2.75) is 38.8 Å². The molecular weight excluding hydrogens is 285 g/mol. The number of nitrogens with zero attached hydrogens (tertiary/aromatic N) is 2. The number of hydrogen-bond acceptors (Lipinski definition) is 2. The van der Waals surface area contributed by atoms with Crippen LogP contribution in [-0.4, -0.2) is 20.5 Å². The summed E-state index contributed by atoms with van der Waals surface area (Å²) in [6, 6.07) is 2.20. The van der Waals surface area contributed by atoms with E-state index < -0.39 is 23.1 Å². The number of pyridine rings is 1. The third-order valence-electron chi connectivity index (χ3n) is 3.07. The Morgan fingerprint density at radius 1 is 1.29 bits per heavy atom. The molecule has 1 N–H and O–H groups in total. The van der Waals surface area contributed by atoms with Gasteiger partial charge in [0.1, 0.15) is 5.65 Å². The summed E-state index contributed by atoms with van der Waals surface area (Å²) < 4.78 is 39.6. The topological polar surface area (TPSA) is 54.6 Å². The molecule has 0 amide bonds. The van der Waals surface area contributed by atoms with Crippen LogP contribution in [0.1, 0.15) is 37.7 Å². The van der Waals surface area contributed by atoms with Crippen molar-refractivity contribution < 1.29 is 23.1 Å². The van der Waals surface area contributed by atoms with Gasteiger partial charge in [-0.05, 0) is 12.1 Å². The third kappa shape index (κ3) is 3.01.